The highest BCUT2D eigenvalue weighted by atomic mass is 16.6. The summed E-state index contributed by atoms with van der Waals surface area (Å²) in [4.78, 5) is 22.6. The molecule has 0 aliphatic rings. The minimum absolute atomic E-state index is 0.0254. The Morgan fingerprint density at radius 1 is 1.03 bits per heavy atom. The smallest absolute Gasteiger partial charge is 0.308 e. The van der Waals surface area contributed by atoms with Gasteiger partial charge in [-0.2, -0.15) is 0 Å². The van der Waals surface area contributed by atoms with Crippen LogP contribution in [0.1, 0.15) is 52.4 Å². The van der Waals surface area contributed by atoms with Crippen LogP contribution in [0.2, 0.25) is 0 Å². The number of esters is 2. The summed E-state index contributed by atoms with van der Waals surface area (Å²) in [5.41, 5.74) is 0. The fourth-order valence-electron chi connectivity index (χ4n) is 1.88. The molecule has 0 radical (unpaired) electrons. The second kappa shape index (κ2) is 18.6. The molecule has 0 spiro atoms. The van der Waals surface area contributed by atoms with Crippen LogP contribution in [0.15, 0.2) is 36.1 Å². The molecule has 0 aromatic rings. The number of unbranched alkanes of at least 4 members (excludes halogenated alkanes) is 1. The number of hydrogen-bond acceptors (Lipinski definition) is 6. The highest BCUT2D eigenvalue weighted by molar-refractivity contribution is 5.70. The van der Waals surface area contributed by atoms with Crippen LogP contribution >= 0.6 is 0 Å². The van der Waals surface area contributed by atoms with E-state index in [0.29, 0.717) is 6.42 Å². The molecule has 0 amide bonds. The largest absolute Gasteiger partial charge is 0.457 e. The molecule has 0 unspecified atom stereocenters. The Labute approximate surface area is 173 Å². The van der Waals surface area contributed by atoms with Crippen molar-refractivity contribution >= 4 is 11.9 Å². The van der Waals surface area contributed by atoms with E-state index in [1.54, 1.807) is 6.08 Å². The summed E-state index contributed by atoms with van der Waals surface area (Å²) in [5.74, 6) is 9.80. The van der Waals surface area contributed by atoms with E-state index in [9.17, 15) is 9.59 Å². The first-order chi connectivity index (χ1) is 14.0. The molecule has 0 atom stereocenters. The van der Waals surface area contributed by atoms with Gasteiger partial charge in [0.1, 0.15) is 6.10 Å². The average Bonchev–Trinajstić information content (AvgIpc) is 2.69. The zero-order valence-electron chi connectivity index (χ0n) is 17.1. The highest BCUT2D eigenvalue weighted by Crippen LogP contribution is 2.03. The lowest BCUT2D eigenvalue weighted by Gasteiger charge is -2.11. The van der Waals surface area contributed by atoms with Crippen molar-refractivity contribution in [1.29, 1.82) is 0 Å². The molecular formula is C23H30O6. The third-order valence-electron chi connectivity index (χ3n) is 3.25. The summed E-state index contributed by atoms with van der Waals surface area (Å²) in [6.07, 6.45) is 12.9. The number of rotatable bonds is 12. The van der Waals surface area contributed by atoms with Gasteiger partial charge in [0.05, 0.1) is 19.6 Å². The van der Waals surface area contributed by atoms with Crippen molar-refractivity contribution in [2.24, 2.45) is 0 Å². The van der Waals surface area contributed by atoms with E-state index >= 15 is 0 Å². The van der Waals surface area contributed by atoms with Crippen LogP contribution in [0.3, 0.4) is 0 Å². The molecule has 0 fully saturated rings. The summed E-state index contributed by atoms with van der Waals surface area (Å²) < 4.78 is 9.86. The first-order valence-electron chi connectivity index (χ1n) is 9.62. The van der Waals surface area contributed by atoms with Crippen LogP contribution in [-0.2, 0) is 19.1 Å². The van der Waals surface area contributed by atoms with Crippen molar-refractivity contribution in [2.75, 3.05) is 13.2 Å². The normalized spacial score (nSPS) is 11.1. The molecule has 0 saturated heterocycles. The Kier molecular flexibility index (Phi) is 16.8. The Morgan fingerprint density at radius 3 is 2.41 bits per heavy atom. The second-order valence-corrected chi connectivity index (χ2v) is 5.85. The molecule has 0 aromatic carbocycles. The molecule has 0 heterocycles. The Bertz CT molecular complexity index is 690. The van der Waals surface area contributed by atoms with Gasteiger partial charge in [-0.1, -0.05) is 37.1 Å². The molecule has 6 heteroatoms. The molecule has 0 saturated carbocycles. The molecule has 158 valence electrons. The predicted octanol–water partition coefficient (Wildman–Crippen LogP) is 2.81. The zero-order valence-corrected chi connectivity index (χ0v) is 17.1. The van der Waals surface area contributed by atoms with E-state index in [1.165, 1.54) is 6.92 Å². The third-order valence-corrected chi connectivity index (χ3v) is 3.25. The molecule has 2 N–H and O–H groups in total. The van der Waals surface area contributed by atoms with Crippen molar-refractivity contribution in [3.8, 4) is 23.7 Å². The van der Waals surface area contributed by atoms with Gasteiger partial charge >= 0.3 is 11.9 Å². The first kappa shape index (κ1) is 26.2. The number of hydrogen-bond donors (Lipinski definition) is 2. The van der Waals surface area contributed by atoms with Gasteiger partial charge in [-0.3, -0.25) is 9.59 Å². The fourth-order valence-corrected chi connectivity index (χ4v) is 1.88. The topological polar surface area (TPSA) is 93.1 Å². The second-order valence-electron chi connectivity index (χ2n) is 5.85. The zero-order chi connectivity index (χ0) is 21.7. The summed E-state index contributed by atoms with van der Waals surface area (Å²) in [6, 6.07) is 0. The van der Waals surface area contributed by atoms with E-state index in [2.05, 4.69) is 54.9 Å². The van der Waals surface area contributed by atoms with Gasteiger partial charge in [-0.15, -0.1) is 0 Å². The first-order valence-corrected chi connectivity index (χ1v) is 9.62. The SMILES string of the molecule is CC/C=C\C/C=C\CC/C=C(/C#CC#CCCC(=O)OC(CO)CO)OC(C)=O. The lowest BCUT2D eigenvalue weighted by molar-refractivity contribution is -0.153. The highest BCUT2D eigenvalue weighted by Gasteiger charge is 2.11. The van der Waals surface area contributed by atoms with Gasteiger partial charge in [0, 0.05) is 13.3 Å². The number of aliphatic hydroxyl groups is 2. The van der Waals surface area contributed by atoms with Gasteiger partial charge in [0.15, 0.2) is 5.76 Å². The molecule has 0 aromatic heterocycles. The molecule has 29 heavy (non-hydrogen) atoms. The van der Waals surface area contributed by atoms with Gasteiger partial charge in [0.25, 0.3) is 0 Å². The van der Waals surface area contributed by atoms with Gasteiger partial charge in [-0.25, -0.2) is 0 Å². The number of carbonyl (C=O) groups is 2. The molecule has 0 rings (SSSR count). The maximum absolute atomic E-state index is 11.5. The molecular weight excluding hydrogens is 372 g/mol. The molecule has 0 bridgehead atoms. The van der Waals surface area contributed by atoms with Crippen molar-refractivity contribution in [3.05, 3.63) is 36.1 Å². The van der Waals surface area contributed by atoms with Crippen molar-refractivity contribution in [3.63, 3.8) is 0 Å². The lowest BCUT2D eigenvalue weighted by atomic mass is 10.2. The summed E-state index contributed by atoms with van der Waals surface area (Å²) in [6.45, 7) is 2.53. The monoisotopic (exact) mass is 402 g/mol. The Balaban J connectivity index is 4.47. The quantitative estimate of drug-likeness (QED) is 0.171. The van der Waals surface area contributed by atoms with Crippen LogP contribution in [0.25, 0.3) is 0 Å². The number of aliphatic hydroxyl groups excluding tert-OH is 2. The Morgan fingerprint density at radius 2 is 1.76 bits per heavy atom. The predicted molar refractivity (Wildman–Crippen MR) is 111 cm³/mol. The average molecular weight is 402 g/mol. The standard InChI is InChI=1S/C23H30O6/c1-3-4-5-6-7-8-9-12-15-21(28-20(2)26)16-13-10-11-14-17-23(27)29-22(18-24)19-25/h4-5,7-8,15,22,24-25H,3,6,9,12,14,17-19H2,1-2H3/b5-4-,8-7-,21-15-. The Hall–Kier alpha value is -2.80. The maximum Gasteiger partial charge on any atom is 0.308 e. The van der Waals surface area contributed by atoms with Gasteiger partial charge in [-0.05, 0) is 49.5 Å². The minimum Gasteiger partial charge on any atom is -0.457 e. The van der Waals surface area contributed by atoms with E-state index in [0.717, 1.165) is 19.3 Å². The van der Waals surface area contributed by atoms with Crippen LogP contribution in [0.4, 0.5) is 0 Å². The van der Waals surface area contributed by atoms with Gasteiger partial charge < -0.3 is 19.7 Å². The van der Waals surface area contributed by atoms with Crippen molar-refractivity contribution in [2.45, 2.75) is 58.5 Å². The number of allylic oxidation sites excluding steroid dienone is 6. The third kappa shape index (κ3) is 17.1. The summed E-state index contributed by atoms with van der Waals surface area (Å²) in [7, 11) is 0. The maximum atomic E-state index is 11.5. The molecule has 0 aliphatic carbocycles. The number of carbonyl (C=O) groups excluding carboxylic acids is 2. The molecule has 6 nitrogen and oxygen atoms in total. The van der Waals surface area contributed by atoms with Crippen LogP contribution < -0.4 is 0 Å². The number of ether oxygens (including phenoxy) is 2. The minimum atomic E-state index is -0.908. The van der Waals surface area contributed by atoms with E-state index in [-0.39, 0.29) is 18.6 Å². The summed E-state index contributed by atoms with van der Waals surface area (Å²) in [5, 5.41) is 17.7. The fraction of sp³-hybridized carbons (Fsp3) is 0.478. The lowest BCUT2D eigenvalue weighted by Crippen LogP contribution is -2.25. The molecule has 0 aliphatic heterocycles. The van der Waals surface area contributed by atoms with E-state index in [4.69, 9.17) is 19.7 Å². The van der Waals surface area contributed by atoms with Crippen molar-refractivity contribution < 1.29 is 29.3 Å². The van der Waals surface area contributed by atoms with Crippen LogP contribution in [0, 0.1) is 23.7 Å². The van der Waals surface area contributed by atoms with Crippen LogP contribution in [-0.4, -0.2) is 41.5 Å². The van der Waals surface area contributed by atoms with E-state index < -0.39 is 31.3 Å². The van der Waals surface area contributed by atoms with E-state index in [1.807, 2.05) is 0 Å². The summed E-state index contributed by atoms with van der Waals surface area (Å²) >= 11 is 0. The van der Waals surface area contributed by atoms with Crippen molar-refractivity contribution in [1.82, 2.24) is 0 Å². The van der Waals surface area contributed by atoms with Crippen LogP contribution in [0.5, 0.6) is 0 Å². The van der Waals surface area contributed by atoms with Gasteiger partial charge in [0.2, 0.25) is 0 Å².